The van der Waals surface area contributed by atoms with E-state index < -0.39 is 0 Å². The number of thiocarbonyl (C=S) groups is 1. The molecular weight excluding hydrogens is 232 g/mol. The molecule has 6 heteroatoms. The van der Waals surface area contributed by atoms with Gasteiger partial charge in [0, 0.05) is 0 Å². The summed E-state index contributed by atoms with van der Waals surface area (Å²) in [4.78, 5) is 0. The third-order valence-corrected chi connectivity index (χ3v) is 3.72. The number of rotatable bonds is 0. The number of aliphatic hydroxyl groups excluding tert-OH is 1. The Bertz CT molecular complexity index is 140. The Morgan fingerprint density at radius 2 is 1.92 bits per heavy atom. The predicted octanol–water partition coefficient (Wildman–Crippen LogP) is 2.37. The summed E-state index contributed by atoms with van der Waals surface area (Å²) < 4.78 is 5.67. The number of ether oxygens (including phenoxy) is 1. The van der Waals surface area contributed by atoms with Gasteiger partial charge in [-0.2, -0.15) is 11.4 Å². The maximum absolute atomic E-state index is 8.53. The van der Waals surface area contributed by atoms with Gasteiger partial charge in [0.05, 0.1) is 7.11 Å². The van der Waals surface area contributed by atoms with Crippen LogP contribution >= 0.6 is 47.1 Å². The first-order chi connectivity index (χ1) is 5.62. The van der Waals surface area contributed by atoms with E-state index in [0.29, 0.717) is 8.77 Å². The highest BCUT2D eigenvalue weighted by molar-refractivity contribution is 8.26. The van der Waals surface area contributed by atoms with E-state index in [1.807, 2.05) is 18.8 Å². The van der Waals surface area contributed by atoms with Gasteiger partial charge in [0.1, 0.15) is 4.38 Å². The van der Waals surface area contributed by atoms with E-state index in [-0.39, 0.29) is 0 Å². The van der Waals surface area contributed by atoms with E-state index >= 15 is 0 Å². The summed E-state index contributed by atoms with van der Waals surface area (Å²) >= 11 is 8.38. The lowest BCUT2D eigenvalue weighted by Crippen LogP contribution is -1.85. The van der Waals surface area contributed by atoms with Gasteiger partial charge >= 0.3 is 0 Å². The van der Waals surface area contributed by atoms with Crippen LogP contribution in [-0.2, 0) is 4.74 Å². The van der Waals surface area contributed by atoms with E-state index in [4.69, 9.17) is 5.11 Å². The molecule has 0 aliphatic heterocycles. The van der Waals surface area contributed by atoms with E-state index in [9.17, 15) is 0 Å². The number of aliphatic hydroxyl groups is 1. The largest absolute Gasteiger partial charge is 0.482 e. The fourth-order valence-corrected chi connectivity index (χ4v) is 1.07. The zero-order chi connectivity index (χ0) is 9.98. The molecule has 0 saturated heterocycles. The number of methoxy groups -OCH3 is 1. The van der Waals surface area contributed by atoms with Gasteiger partial charge in [-0.3, -0.25) is 0 Å². The van der Waals surface area contributed by atoms with Gasteiger partial charge in [0.2, 0.25) is 4.38 Å². The van der Waals surface area contributed by atoms with Crippen LogP contribution in [0.3, 0.4) is 0 Å². The highest BCUT2D eigenvalue weighted by atomic mass is 32.2. The van der Waals surface area contributed by atoms with Crippen LogP contribution in [0, 0.1) is 0 Å². The Labute approximate surface area is 91.4 Å². The third kappa shape index (κ3) is 13.4. The molecule has 0 aromatic carbocycles. The molecule has 0 fully saturated rings. The average Bonchev–Trinajstić information content (AvgIpc) is 2.16. The van der Waals surface area contributed by atoms with Crippen LogP contribution in [0.5, 0.6) is 0 Å². The minimum absolute atomic E-state index is 0.481. The van der Waals surface area contributed by atoms with E-state index in [2.05, 4.69) is 17.0 Å². The molecule has 0 spiro atoms. The molecule has 0 atom stereocenters. The van der Waals surface area contributed by atoms with Crippen molar-refractivity contribution < 1.29 is 9.84 Å². The maximum atomic E-state index is 8.53. The smallest absolute Gasteiger partial charge is 0.219 e. The first-order valence-electron chi connectivity index (χ1n) is 2.94. The summed E-state index contributed by atoms with van der Waals surface area (Å²) in [5.74, 6) is 0. The van der Waals surface area contributed by atoms with Gasteiger partial charge in [-0.1, -0.05) is 23.5 Å². The van der Waals surface area contributed by atoms with Crippen LogP contribution in [0.2, 0.25) is 0 Å². The molecule has 0 unspecified atom stereocenters. The van der Waals surface area contributed by atoms with Crippen molar-refractivity contribution in [1.82, 2.24) is 0 Å². The number of thiol groups is 1. The fraction of sp³-hybridized carbons (Fsp3) is 0.667. The Morgan fingerprint density at radius 3 is 1.92 bits per heavy atom. The lowest BCUT2D eigenvalue weighted by Gasteiger charge is -1.90. The van der Waals surface area contributed by atoms with Crippen LogP contribution < -0.4 is 0 Å². The fourth-order valence-electron chi connectivity index (χ4n) is 0.175. The molecule has 0 aliphatic rings. The van der Waals surface area contributed by atoms with Gasteiger partial charge in [-0.05, 0) is 31.0 Å². The molecule has 74 valence electrons. The first-order valence-corrected chi connectivity index (χ1v) is 7.14. The quantitative estimate of drug-likeness (QED) is 0.506. The van der Waals surface area contributed by atoms with Crippen LogP contribution in [0.4, 0.5) is 0 Å². The maximum Gasteiger partial charge on any atom is 0.219 e. The minimum Gasteiger partial charge on any atom is -0.482 e. The third-order valence-electron chi connectivity index (χ3n) is 0.707. The van der Waals surface area contributed by atoms with Crippen molar-refractivity contribution in [3.05, 3.63) is 0 Å². The Kier molecular flexibility index (Phi) is 15.0. The zero-order valence-corrected chi connectivity index (χ0v) is 10.9. The summed E-state index contributed by atoms with van der Waals surface area (Å²) in [7, 11) is 1.57. The summed E-state index contributed by atoms with van der Waals surface area (Å²) in [6, 6.07) is 0. The molecule has 0 rings (SSSR count). The summed E-state index contributed by atoms with van der Waals surface area (Å²) in [6.45, 7) is 0. The highest BCUT2D eigenvalue weighted by Crippen LogP contribution is 1.96. The second-order valence-electron chi connectivity index (χ2n) is 1.37. The molecule has 0 radical (unpaired) electrons. The first kappa shape index (κ1) is 15.3. The summed E-state index contributed by atoms with van der Waals surface area (Å²) in [5, 5.41) is 8.53. The molecule has 0 aromatic heterocycles. The zero-order valence-electron chi connectivity index (χ0n) is 7.53. The second kappa shape index (κ2) is 11.8. The Balaban J connectivity index is 0. The molecule has 0 saturated carbocycles. The van der Waals surface area contributed by atoms with Crippen molar-refractivity contribution in [2.75, 3.05) is 25.9 Å². The highest BCUT2D eigenvalue weighted by Gasteiger charge is 1.82. The van der Waals surface area contributed by atoms with Crippen LogP contribution in [0.15, 0.2) is 0 Å². The topological polar surface area (TPSA) is 29.5 Å². The van der Waals surface area contributed by atoms with Gasteiger partial charge in [-0.15, -0.1) is 0 Å². The summed E-state index contributed by atoms with van der Waals surface area (Å²) in [5.41, 5.74) is 0. The van der Waals surface area contributed by atoms with Gasteiger partial charge in [0.25, 0.3) is 0 Å². The average molecular weight is 246 g/mol. The SMILES string of the molecule is COC(=S)SC.CSC(O)=[SH]C. The van der Waals surface area contributed by atoms with Crippen molar-refractivity contribution in [3.63, 3.8) is 0 Å². The van der Waals surface area contributed by atoms with Crippen molar-refractivity contribution >= 4 is 55.9 Å². The minimum atomic E-state index is 0.481. The molecule has 0 heterocycles. The number of hydrogen-bond acceptors (Lipinski definition) is 4. The number of hydrogen-bond donors (Lipinski definition) is 2. The molecule has 1 N–H and O–H groups in total. The molecule has 0 bridgehead atoms. The van der Waals surface area contributed by atoms with Crippen LogP contribution in [-0.4, -0.2) is 39.7 Å². The standard InChI is InChI=1S/C3H8OS2.C3H6OS2/c1-5-3(4)6-2;1-4-3(5)6-2/h4-5H,1-2H3;1-2H3. The lowest BCUT2D eigenvalue weighted by atomic mass is 11.5. The summed E-state index contributed by atoms with van der Waals surface area (Å²) in [6.07, 6.45) is 5.63. The molecule has 0 aliphatic carbocycles. The van der Waals surface area contributed by atoms with Gasteiger partial charge in [0.15, 0.2) is 0 Å². The molecule has 12 heavy (non-hydrogen) atoms. The van der Waals surface area contributed by atoms with Crippen molar-refractivity contribution in [2.24, 2.45) is 0 Å². The lowest BCUT2D eigenvalue weighted by molar-refractivity contribution is 0.426. The van der Waals surface area contributed by atoms with E-state index in [1.54, 1.807) is 7.11 Å². The second-order valence-corrected chi connectivity index (χ2v) is 4.75. The van der Waals surface area contributed by atoms with Crippen molar-refractivity contribution in [1.29, 1.82) is 0 Å². The normalized spacial score (nSPS) is 10.6. The monoisotopic (exact) mass is 246 g/mol. The van der Waals surface area contributed by atoms with E-state index in [1.165, 1.54) is 23.5 Å². The predicted molar refractivity (Wildman–Crippen MR) is 69.2 cm³/mol. The Hall–Kier alpha value is 0.770. The Morgan fingerprint density at radius 1 is 1.42 bits per heavy atom. The van der Waals surface area contributed by atoms with Crippen molar-refractivity contribution in [2.45, 2.75) is 0 Å². The van der Waals surface area contributed by atoms with Crippen LogP contribution in [0.25, 0.3) is 0 Å². The van der Waals surface area contributed by atoms with E-state index in [0.717, 1.165) is 11.4 Å². The van der Waals surface area contributed by atoms with Gasteiger partial charge in [-0.25, -0.2) is 0 Å². The number of thioether (sulfide) groups is 2. The van der Waals surface area contributed by atoms with Crippen molar-refractivity contribution in [3.8, 4) is 0 Å². The molecule has 2 nitrogen and oxygen atoms in total. The van der Waals surface area contributed by atoms with Crippen LogP contribution in [0.1, 0.15) is 0 Å². The molecule has 0 amide bonds. The van der Waals surface area contributed by atoms with Gasteiger partial charge < -0.3 is 9.84 Å². The molecule has 0 aromatic rings. The molecular formula is C6H14O2S4.